The Labute approximate surface area is 110 Å². The predicted molar refractivity (Wildman–Crippen MR) is 77.8 cm³/mol. The summed E-state index contributed by atoms with van der Waals surface area (Å²) in [5, 5.41) is 0. The molecular weight excluding hydrogens is 218 g/mol. The molecule has 0 aromatic heterocycles. The van der Waals surface area contributed by atoms with Crippen LogP contribution in [-0.4, -0.2) is 6.54 Å². The fourth-order valence-corrected chi connectivity index (χ4v) is 2.26. The summed E-state index contributed by atoms with van der Waals surface area (Å²) in [5.74, 6) is 0.415. The number of rotatable bonds is 5. The van der Waals surface area contributed by atoms with Crippen LogP contribution in [0.4, 0.5) is 0 Å². The van der Waals surface area contributed by atoms with Crippen molar-refractivity contribution in [2.75, 3.05) is 6.54 Å². The van der Waals surface area contributed by atoms with Gasteiger partial charge in [0.25, 0.3) is 0 Å². The van der Waals surface area contributed by atoms with Crippen LogP contribution in [0.15, 0.2) is 54.6 Å². The van der Waals surface area contributed by atoms with E-state index in [0.29, 0.717) is 12.5 Å². The molecule has 0 amide bonds. The van der Waals surface area contributed by atoms with Gasteiger partial charge in [-0.25, -0.2) is 0 Å². The summed E-state index contributed by atoms with van der Waals surface area (Å²) in [7, 11) is 0. The molecule has 0 spiro atoms. The number of hydrogen-bond acceptors (Lipinski definition) is 1. The van der Waals surface area contributed by atoms with Gasteiger partial charge in [-0.2, -0.15) is 0 Å². The number of benzene rings is 2. The van der Waals surface area contributed by atoms with Gasteiger partial charge in [0.1, 0.15) is 0 Å². The zero-order valence-electron chi connectivity index (χ0n) is 11.0. The van der Waals surface area contributed by atoms with Crippen LogP contribution < -0.4 is 5.73 Å². The molecule has 0 heterocycles. The summed E-state index contributed by atoms with van der Waals surface area (Å²) >= 11 is 0. The Morgan fingerprint density at radius 1 is 0.889 bits per heavy atom. The van der Waals surface area contributed by atoms with Crippen molar-refractivity contribution >= 4 is 0 Å². The van der Waals surface area contributed by atoms with Crippen LogP contribution in [0.2, 0.25) is 0 Å². The number of hydrogen-bond donors (Lipinski definition) is 1. The first-order valence-electron chi connectivity index (χ1n) is 6.66. The van der Waals surface area contributed by atoms with Crippen molar-refractivity contribution in [3.05, 3.63) is 71.3 Å². The minimum atomic E-state index is 0.415. The topological polar surface area (TPSA) is 26.0 Å². The maximum absolute atomic E-state index is 5.91. The smallest absolute Gasteiger partial charge is 0.000157 e. The average molecular weight is 239 g/mol. The monoisotopic (exact) mass is 239 g/mol. The molecule has 2 aromatic carbocycles. The lowest BCUT2D eigenvalue weighted by Crippen LogP contribution is -2.14. The minimum Gasteiger partial charge on any atom is -0.330 e. The molecule has 0 aliphatic heterocycles. The molecule has 0 saturated carbocycles. The third-order valence-corrected chi connectivity index (χ3v) is 3.47. The van der Waals surface area contributed by atoms with E-state index in [2.05, 4.69) is 55.5 Å². The van der Waals surface area contributed by atoms with Gasteiger partial charge in [0.05, 0.1) is 0 Å². The molecule has 1 unspecified atom stereocenters. The molecule has 0 aliphatic rings. The first-order chi connectivity index (χ1) is 8.83. The van der Waals surface area contributed by atoms with Crippen LogP contribution in [-0.2, 0) is 12.8 Å². The van der Waals surface area contributed by atoms with E-state index in [4.69, 9.17) is 5.73 Å². The molecule has 2 aromatic rings. The van der Waals surface area contributed by atoms with Crippen molar-refractivity contribution in [1.82, 2.24) is 0 Å². The van der Waals surface area contributed by atoms with Crippen LogP contribution in [0.3, 0.4) is 0 Å². The summed E-state index contributed by atoms with van der Waals surface area (Å²) in [4.78, 5) is 0. The van der Waals surface area contributed by atoms with Crippen LogP contribution in [0.1, 0.15) is 29.5 Å². The molecular formula is C17H21N. The minimum absolute atomic E-state index is 0.415. The third-order valence-electron chi connectivity index (χ3n) is 3.47. The van der Waals surface area contributed by atoms with Gasteiger partial charge in [-0.1, -0.05) is 61.5 Å². The van der Waals surface area contributed by atoms with Gasteiger partial charge in [0, 0.05) is 5.92 Å². The Bertz CT molecular complexity index is 459. The molecule has 0 bridgehead atoms. The summed E-state index contributed by atoms with van der Waals surface area (Å²) < 4.78 is 0. The van der Waals surface area contributed by atoms with Crippen LogP contribution in [0.25, 0.3) is 0 Å². The first kappa shape index (κ1) is 12.8. The lowest BCUT2D eigenvalue weighted by Gasteiger charge is -2.15. The SMILES string of the molecule is CCc1ccc(CC(CN)c2ccccc2)cc1. The van der Waals surface area contributed by atoms with E-state index in [0.717, 1.165) is 12.8 Å². The van der Waals surface area contributed by atoms with Crippen molar-refractivity contribution in [3.63, 3.8) is 0 Å². The number of nitrogens with two attached hydrogens (primary N) is 1. The molecule has 0 radical (unpaired) electrons. The van der Waals surface area contributed by atoms with E-state index >= 15 is 0 Å². The largest absolute Gasteiger partial charge is 0.330 e. The molecule has 0 aliphatic carbocycles. The summed E-state index contributed by atoms with van der Waals surface area (Å²) in [6.45, 7) is 2.88. The molecule has 0 saturated heterocycles. The van der Waals surface area contributed by atoms with Gasteiger partial charge in [-0.05, 0) is 36.1 Å². The highest BCUT2D eigenvalue weighted by Crippen LogP contribution is 2.20. The zero-order valence-corrected chi connectivity index (χ0v) is 11.0. The van der Waals surface area contributed by atoms with E-state index < -0.39 is 0 Å². The maximum atomic E-state index is 5.91. The molecule has 0 fully saturated rings. The van der Waals surface area contributed by atoms with Crippen LogP contribution >= 0.6 is 0 Å². The maximum Gasteiger partial charge on any atom is 0.000157 e. The Kier molecular flexibility index (Phi) is 4.54. The van der Waals surface area contributed by atoms with Crippen molar-refractivity contribution in [3.8, 4) is 0 Å². The molecule has 94 valence electrons. The fourth-order valence-electron chi connectivity index (χ4n) is 2.26. The fraction of sp³-hybridized carbons (Fsp3) is 0.294. The van der Waals surface area contributed by atoms with E-state index in [1.807, 2.05) is 6.07 Å². The second kappa shape index (κ2) is 6.36. The highest BCUT2D eigenvalue weighted by Gasteiger charge is 2.09. The van der Waals surface area contributed by atoms with E-state index in [9.17, 15) is 0 Å². The van der Waals surface area contributed by atoms with Crippen molar-refractivity contribution in [2.45, 2.75) is 25.7 Å². The normalized spacial score (nSPS) is 12.3. The molecule has 1 heteroatoms. The molecule has 1 atom stereocenters. The predicted octanol–water partition coefficient (Wildman–Crippen LogP) is 3.53. The Balaban J connectivity index is 2.10. The van der Waals surface area contributed by atoms with E-state index in [-0.39, 0.29) is 0 Å². The zero-order chi connectivity index (χ0) is 12.8. The van der Waals surface area contributed by atoms with Gasteiger partial charge < -0.3 is 5.73 Å². The standard InChI is InChI=1S/C17H21N/c1-2-14-8-10-15(11-9-14)12-17(13-18)16-6-4-3-5-7-16/h3-11,17H,2,12-13,18H2,1H3. The van der Waals surface area contributed by atoms with Gasteiger partial charge in [-0.15, -0.1) is 0 Å². The second-order valence-corrected chi connectivity index (χ2v) is 4.72. The van der Waals surface area contributed by atoms with E-state index in [1.165, 1.54) is 16.7 Å². The molecule has 18 heavy (non-hydrogen) atoms. The van der Waals surface area contributed by atoms with Gasteiger partial charge in [0.15, 0.2) is 0 Å². The Morgan fingerprint density at radius 3 is 2.06 bits per heavy atom. The molecule has 2 N–H and O–H groups in total. The molecule has 1 nitrogen and oxygen atoms in total. The Morgan fingerprint density at radius 2 is 1.50 bits per heavy atom. The first-order valence-corrected chi connectivity index (χ1v) is 6.66. The number of aryl methyl sites for hydroxylation is 1. The van der Waals surface area contributed by atoms with Gasteiger partial charge >= 0.3 is 0 Å². The van der Waals surface area contributed by atoms with Crippen molar-refractivity contribution in [2.24, 2.45) is 5.73 Å². The van der Waals surface area contributed by atoms with E-state index in [1.54, 1.807) is 0 Å². The highest BCUT2D eigenvalue weighted by atomic mass is 14.5. The van der Waals surface area contributed by atoms with Crippen LogP contribution in [0, 0.1) is 0 Å². The highest BCUT2D eigenvalue weighted by molar-refractivity contribution is 5.27. The quantitative estimate of drug-likeness (QED) is 0.848. The second-order valence-electron chi connectivity index (χ2n) is 4.72. The lowest BCUT2D eigenvalue weighted by molar-refractivity contribution is 0.694. The third kappa shape index (κ3) is 3.21. The Hall–Kier alpha value is -1.60. The molecule has 2 rings (SSSR count). The lowest BCUT2D eigenvalue weighted by atomic mass is 9.92. The van der Waals surface area contributed by atoms with Crippen LogP contribution in [0.5, 0.6) is 0 Å². The summed E-state index contributed by atoms with van der Waals surface area (Å²) in [6.07, 6.45) is 2.11. The van der Waals surface area contributed by atoms with Crippen molar-refractivity contribution < 1.29 is 0 Å². The summed E-state index contributed by atoms with van der Waals surface area (Å²) in [5.41, 5.74) is 10.0. The van der Waals surface area contributed by atoms with Gasteiger partial charge in [-0.3, -0.25) is 0 Å². The summed E-state index contributed by atoms with van der Waals surface area (Å²) in [6, 6.07) is 19.4. The van der Waals surface area contributed by atoms with Crippen molar-refractivity contribution in [1.29, 1.82) is 0 Å². The average Bonchev–Trinajstić information content (AvgIpc) is 2.46. The van der Waals surface area contributed by atoms with Gasteiger partial charge in [0.2, 0.25) is 0 Å².